The van der Waals surface area contributed by atoms with Crippen molar-refractivity contribution in [1.82, 2.24) is 0 Å². The van der Waals surface area contributed by atoms with Gasteiger partial charge in [-0.25, -0.2) is 0 Å². The molecule has 20 heavy (non-hydrogen) atoms. The number of anilines is 2. The molecule has 1 fully saturated rings. The van der Waals surface area contributed by atoms with Crippen molar-refractivity contribution in [1.29, 1.82) is 0 Å². The smallest absolute Gasteiger partial charge is 0.155 e. The molecule has 2 aromatic carbocycles. The third-order valence-electron chi connectivity index (χ3n) is 3.90. The Morgan fingerprint density at radius 3 is 1.85 bits per heavy atom. The lowest BCUT2D eigenvalue weighted by molar-refractivity contribution is -0.121. The first-order valence-corrected chi connectivity index (χ1v) is 7.28. The Balaban J connectivity index is 2.02. The molecule has 1 saturated carbocycles. The van der Waals surface area contributed by atoms with Gasteiger partial charge in [-0.15, -0.1) is 0 Å². The number of carbonyl (C=O) groups is 1. The van der Waals surface area contributed by atoms with Crippen LogP contribution in [0.15, 0.2) is 60.7 Å². The fourth-order valence-electron chi connectivity index (χ4n) is 2.92. The normalized spacial score (nSPS) is 18.8. The highest BCUT2D eigenvalue weighted by molar-refractivity contribution is 5.90. The second kappa shape index (κ2) is 5.91. The van der Waals surface area contributed by atoms with Gasteiger partial charge in [0, 0.05) is 17.8 Å². The predicted molar refractivity (Wildman–Crippen MR) is 82.3 cm³/mol. The Morgan fingerprint density at radius 2 is 1.35 bits per heavy atom. The van der Waals surface area contributed by atoms with Gasteiger partial charge >= 0.3 is 0 Å². The lowest BCUT2D eigenvalue weighted by atomic mass is 9.92. The molecule has 0 bridgehead atoms. The molecule has 0 aliphatic heterocycles. The molecule has 1 atom stereocenters. The van der Waals surface area contributed by atoms with Crippen LogP contribution in [0.2, 0.25) is 0 Å². The molecule has 0 N–H and O–H groups in total. The van der Waals surface area contributed by atoms with Crippen molar-refractivity contribution < 1.29 is 4.79 Å². The molecule has 102 valence electrons. The number of ketones is 1. The van der Waals surface area contributed by atoms with E-state index >= 15 is 0 Å². The summed E-state index contributed by atoms with van der Waals surface area (Å²) in [5, 5.41) is 0. The van der Waals surface area contributed by atoms with E-state index in [-0.39, 0.29) is 6.04 Å². The van der Waals surface area contributed by atoms with Crippen LogP contribution in [0, 0.1) is 0 Å². The maximum atomic E-state index is 12.3. The van der Waals surface area contributed by atoms with Crippen LogP contribution in [-0.4, -0.2) is 11.8 Å². The highest BCUT2D eigenvalue weighted by Crippen LogP contribution is 2.32. The van der Waals surface area contributed by atoms with Crippen molar-refractivity contribution in [2.24, 2.45) is 0 Å². The van der Waals surface area contributed by atoms with Crippen molar-refractivity contribution in [2.45, 2.75) is 31.7 Å². The Labute approximate surface area is 120 Å². The maximum Gasteiger partial charge on any atom is 0.155 e. The Morgan fingerprint density at radius 1 is 0.800 bits per heavy atom. The molecule has 0 aromatic heterocycles. The summed E-state index contributed by atoms with van der Waals surface area (Å²) in [4.78, 5) is 14.5. The van der Waals surface area contributed by atoms with E-state index in [1.54, 1.807) is 0 Å². The summed E-state index contributed by atoms with van der Waals surface area (Å²) in [6, 6.07) is 20.4. The van der Waals surface area contributed by atoms with E-state index in [2.05, 4.69) is 29.2 Å². The highest BCUT2D eigenvalue weighted by atomic mass is 16.1. The molecule has 1 unspecified atom stereocenters. The van der Waals surface area contributed by atoms with E-state index in [1.807, 2.05) is 36.4 Å². The van der Waals surface area contributed by atoms with Gasteiger partial charge in [0.1, 0.15) is 0 Å². The second-order valence-electron chi connectivity index (χ2n) is 5.27. The summed E-state index contributed by atoms with van der Waals surface area (Å²) in [7, 11) is 0. The van der Waals surface area contributed by atoms with Crippen molar-refractivity contribution in [3.8, 4) is 0 Å². The lowest BCUT2D eigenvalue weighted by Gasteiger charge is -2.35. The van der Waals surface area contributed by atoms with Gasteiger partial charge in [0.15, 0.2) is 5.78 Å². The fourth-order valence-corrected chi connectivity index (χ4v) is 2.92. The first kappa shape index (κ1) is 12.9. The minimum Gasteiger partial charge on any atom is -0.331 e. The predicted octanol–water partition coefficient (Wildman–Crippen LogP) is 4.34. The van der Waals surface area contributed by atoms with Gasteiger partial charge in [-0.2, -0.15) is 0 Å². The number of para-hydroxylation sites is 2. The van der Waals surface area contributed by atoms with Crippen LogP contribution in [0.25, 0.3) is 0 Å². The van der Waals surface area contributed by atoms with Crippen LogP contribution in [0.3, 0.4) is 0 Å². The molecule has 0 saturated heterocycles. The summed E-state index contributed by atoms with van der Waals surface area (Å²) in [6.45, 7) is 0. The monoisotopic (exact) mass is 265 g/mol. The third kappa shape index (κ3) is 2.60. The van der Waals surface area contributed by atoms with E-state index in [0.717, 1.165) is 30.6 Å². The summed E-state index contributed by atoms with van der Waals surface area (Å²) in [6.07, 6.45) is 3.82. The zero-order valence-electron chi connectivity index (χ0n) is 11.5. The summed E-state index contributed by atoms with van der Waals surface area (Å²) in [5.41, 5.74) is 2.19. The van der Waals surface area contributed by atoms with Crippen LogP contribution in [0.1, 0.15) is 25.7 Å². The minimum atomic E-state index is -0.0199. The van der Waals surface area contributed by atoms with Crippen LogP contribution in [-0.2, 0) is 4.79 Å². The summed E-state index contributed by atoms with van der Waals surface area (Å²) >= 11 is 0. The van der Waals surface area contributed by atoms with Crippen molar-refractivity contribution in [3.63, 3.8) is 0 Å². The third-order valence-corrected chi connectivity index (χ3v) is 3.90. The number of hydrogen-bond acceptors (Lipinski definition) is 2. The van der Waals surface area contributed by atoms with Crippen LogP contribution in [0.5, 0.6) is 0 Å². The molecule has 0 amide bonds. The number of hydrogen-bond donors (Lipinski definition) is 0. The van der Waals surface area contributed by atoms with Gasteiger partial charge in [-0.1, -0.05) is 42.8 Å². The summed E-state index contributed by atoms with van der Waals surface area (Å²) < 4.78 is 0. The zero-order chi connectivity index (χ0) is 13.8. The zero-order valence-corrected chi connectivity index (χ0v) is 11.5. The summed E-state index contributed by atoms with van der Waals surface area (Å²) in [5.74, 6) is 0.365. The van der Waals surface area contributed by atoms with Crippen molar-refractivity contribution >= 4 is 17.2 Å². The molecule has 2 aromatic rings. The van der Waals surface area contributed by atoms with Crippen LogP contribution >= 0.6 is 0 Å². The molecule has 2 heteroatoms. The average molecular weight is 265 g/mol. The number of carbonyl (C=O) groups excluding carboxylic acids is 1. The topological polar surface area (TPSA) is 20.3 Å². The molecule has 0 heterocycles. The molecular weight excluding hydrogens is 246 g/mol. The second-order valence-corrected chi connectivity index (χ2v) is 5.27. The van der Waals surface area contributed by atoms with E-state index in [9.17, 15) is 4.79 Å². The van der Waals surface area contributed by atoms with Gasteiger partial charge < -0.3 is 4.90 Å². The van der Waals surface area contributed by atoms with Gasteiger partial charge in [0.2, 0.25) is 0 Å². The SMILES string of the molecule is O=C1CCCCC1N(c1ccccc1)c1ccccc1. The number of nitrogens with zero attached hydrogens (tertiary/aromatic N) is 1. The highest BCUT2D eigenvalue weighted by Gasteiger charge is 2.29. The molecule has 2 nitrogen and oxygen atoms in total. The van der Waals surface area contributed by atoms with Crippen LogP contribution in [0.4, 0.5) is 11.4 Å². The standard InChI is InChI=1S/C18H19NO/c20-18-14-8-7-13-17(18)19(15-9-3-1-4-10-15)16-11-5-2-6-12-16/h1-6,9-12,17H,7-8,13-14H2. The van der Waals surface area contributed by atoms with Gasteiger partial charge in [-0.3, -0.25) is 4.79 Å². The number of Topliss-reactive ketones (excluding diaryl/α,β-unsaturated/α-hetero) is 1. The Hall–Kier alpha value is -2.09. The number of benzene rings is 2. The minimum absolute atomic E-state index is 0.0199. The van der Waals surface area contributed by atoms with Gasteiger partial charge in [0.25, 0.3) is 0 Å². The van der Waals surface area contributed by atoms with Crippen molar-refractivity contribution in [3.05, 3.63) is 60.7 Å². The fraction of sp³-hybridized carbons (Fsp3) is 0.278. The van der Waals surface area contributed by atoms with E-state index < -0.39 is 0 Å². The van der Waals surface area contributed by atoms with Crippen molar-refractivity contribution in [2.75, 3.05) is 4.90 Å². The largest absolute Gasteiger partial charge is 0.331 e. The average Bonchev–Trinajstić information content (AvgIpc) is 2.52. The molecular formula is C18H19NO. The quantitative estimate of drug-likeness (QED) is 0.823. The van der Waals surface area contributed by atoms with E-state index in [0.29, 0.717) is 12.2 Å². The first-order chi connectivity index (χ1) is 9.86. The maximum absolute atomic E-state index is 12.3. The van der Waals surface area contributed by atoms with Gasteiger partial charge in [0.05, 0.1) is 6.04 Å². The van der Waals surface area contributed by atoms with Gasteiger partial charge in [-0.05, 0) is 37.1 Å². The molecule has 0 radical (unpaired) electrons. The lowest BCUT2D eigenvalue weighted by Crippen LogP contribution is -2.40. The van der Waals surface area contributed by atoms with E-state index in [1.165, 1.54) is 0 Å². The molecule has 3 rings (SSSR count). The molecule has 0 spiro atoms. The van der Waals surface area contributed by atoms with E-state index in [4.69, 9.17) is 0 Å². The Kier molecular flexibility index (Phi) is 3.82. The Bertz CT molecular complexity index is 525. The van der Waals surface area contributed by atoms with Crippen LogP contribution < -0.4 is 4.90 Å². The first-order valence-electron chi connectivity index (χ1n) is 7.28. The molecule has 1 aliphatic rings. The molecule has 1 aliphatic carbocycles. The number of rotatable bonds is 3.